The van der Waals surface area contributed by atoms with Crippen molar-refractivity contribution in [3.63, 3.8) is 0 Å². The number of rotatable bonds is 2. The zero-order valence-electron chi connectivity index (χ0n) is 14.2. The van der Waals surface area contributed by atoms with Crippen LogP contribution in [0.5, 0.6) is 0 Å². The van der Waals surface area contributed by atoms with Crippen LogP contribution in [-0.2, 0) is 9.63 Å². The second-order valence-corrected chi connectivity index (χ2v) is 6.55. The molecule has 5 nitrogen and oxygen atoms in total. The van der Waals surface area contributed by atoms with E-state index in [1.807, 2.05) is 37.1 Å². The molecular formula is C18H24N2O3. The highest BCUT2D eigenvalue weighted by molar-refractivity contribution is 6.23. The highest BCUT2D eigenvalue weighted by Crippen LogP contribution is 2.44. The molecule has 2 aliphatic heterocycles. The number of likely N-dealkylation sites (N-methyl/N-ethyl adjacent to an activating group) is 1. The summed E-state index contributed by atoms with van der Waals surface area (Å²) < 4.78 is 0. The molecule has 2 heterocycles. The van der Waals surface area contributed by atoms with Crippen LogP contribution in [0.3, 0.4) is 0 Å². The Kier molecular flexibility index (Phi) is 3.94. The normalized spacial score (nSPS) is 21.6. The molecule has 23 heavy (non-hydrogen) atoms. The van der Waals surface area contributed by atoms with Gasteiger partial charge in [0.25, 0.3) is 5.91 Å². The predicted octanol–water partition coefficient (Wildman–Crippen LogP) is 2.44. The van der Waals surface area contributed by atoms with E-state index in [1.54, 1.807) is 19.1 Å². The maximum Gasteiger partial charge on any atom is 0.258 e. The van der Waals surface area contributed by atoms with Crippen LogP contribution in [0.4, 0.5) is 0 Å². The quantitative estimate of drug-likeness (QED) is 0.910. The molecule has 0 radical (unpaired) electrons. The lowest BCUT2D eigenvalue weighted by Crippen LogP contribution is -2.53. The molecule has 2 aliphatic rings. The van der Waals surface area contributed by atoms with Crippen molar-refractivity contribution in [2.45, 2.75) is 32.2 Å². The van der Waals surface area contributed by atoms with Crippen LogP contribution in [0.15, 0.2) is 24.0 Å². The maximum atomic E-state index is 12.8. The van der Waals surface area contributed by atoms with Crippen LogP contribution >= 0.6 is 0 Å². The average molecular weight is 316 g/mol. The SMILES string of the molecule is CON1CCC2(CC1)C(O)=C(c1ccc(C)cc1C)C(=O)N2C. The van der Waals surface area contributed by atoms with Gasteiger partial charge in [-0.3, -0.25) is 4.79 Å². The van der Waals surface area contributed by atoms with Crippen LogP contribution in [0.25, 0.3) is 5.57 Å². The Morgan fingerprint density at radius 1 is 1.22 bits per heavy atom. The molecule has 1 aromatic rings. The average Bonchev–Trinajstić information content (AvgIpc) is 2.71. The van der Waals surface area contributed by atoms with Gasteiger partial charge in [-0.1, -0.05) is 23.8 Å². The third kappa shape index (κ3) is 2.35. The minimum absolute atomic E-state index is 0.0969. The van der Waals surface area contributed by atoms with Gasteiger partial charge in [0.2, 0.25) is 0 Å². The lowest BCUT2D eigenvalue weighted by Gasteiger charge is -2.42. The van der Waals surface area contributed by atoms with E-state index < -0.39 is 5.54 Å². The van der Waals surface area contributed by atoms with E-state index in [4.69, 9.17) is 4.84 Å². The summed E-state index contributed by atoms with van der Waals surface area (Å²) in [6.45, 7) is 5.39. The summed E-state index contributed by atoms with van der Waals surface area (Å²) in [6, 6.07) is 5.96. The Hall–Kier alpha value is -1.85. The van der Waals surface area contributed by atoms with E-state index in [0.29, 0.717) is 31.5 Å². The molecule has 0 atom stereocenters. The summed E-state index contributed by atoms with van der Waals surface area (Å²) >= 11 is 0. The first-order valence-electron chi connectivity index (χ1n) is 7.99. The molecule has 0 aliphatic carbocycles. The Morgan fingerprint density at radius 3 is 2.43 bits per heavy atom. The number of carbonyl (C=O) groups excluding carboxylic acids is 1. The number of hydrogen-bond donors (Lipinski definition) is 1. The lowest BCUT2D eigenvalue weighted by atomic mass is 9.85. The van der Waals surface area contributed by atoms with E-state index >= 15 is 0 Å². The fourth-order valence-corrected chi connectivity index (χ4v) is 3.80. The van der Waals surface area contributed by atoms with Crippen LogP contribution in [0.1, 0.15) is 29.5 Å². The predicted molar refractivity (Wildman–Crippen MR) is 88.8 cm³/mol. The van der Waals surface area contributed by atoms with Crippen molar-refractivity contribution in [1.29, 1.82) is 0 Å². The molecule has 5 heteroatoms. The molecule has 0 unspecified atom stereocenters. The molecule has 0 aromatic heterocycles. The van der Waals surface area contributed by atoms with Crippen LogP contribution in [0, 0.1) is 13.8 Å². The van der Waals surface area contributed by atoms with Gasteiger partial charge in [-0.25, -0.2) is 0 Å². The first-order valence-corrected chi connectivity index (χ1v) is 7.99. The van der Waals surface area contributed by atoms with Gasteiger partial charge in [0.1, 0.15) is 11.3 Å². The van der Waals surface area contributed by atoms with Crippen molar-refractivity contribution in [1.82, 2.24) is 9.96 Å². The number of piperidine rings is 1. The summed E-state index contributed by atoms with van der Waals surface area (Å²) in [7, 11) is 3.44. The molecule has 3 rings (SSSR count). The van der Waals surface area contributed by atoms with Gasteiger partial charge >= 0.3 is 0 Å². The molecular weight excluding hydrogens is 292 g/mol. The Bertz CT molecular complexity index is 673. The van der Waals surface area contributed by atoms with E-state index in [-0.39, 0.29) is 11.7 Å². The van der Waals surface area contributed by atoms with Gasteiger partial charge in [-0.05, 0) is 37.8 Å². The number of amides is 1. The topological polar surface area (TPSA) is 53.0 Å². The minimum Gasteiger partial charge on any atom is -0.509 e. The fraction of sp³-hybridized carbons (Fsp3) is 0.500. The van der Waals surface area contributed by atoms with Crippen molar-refractivity contribution in [3.05, 3.63) is 40.6 Å². The summed E-state index contributed by atoms with van der Waals surface area (Å²) in [5.74, 6) is 0.119. The summed E-state index contributed by atoms with van der Waals surface area (Å²) in [5, 5.41) is 12.8. The molecule has 1 aromatic carbocycles. The van der Waals surface area contributed by atoms with Gasteiger partial charge in [-0.15, -0.1) is 0 Å². The van der Waals surface area contributed by atoms with E-state index in [2.05, 4.69) is 0 Å². The van der Waals surface area contributed by atoms with Gasteiger partial charge in [-0.2, -0.15) is 5.06 Å². The number of nitrogens with zero attached hydrogens (tertiary/aromatic N) is 2. The highest BCUT2D eigenvalue weighted by atomic mass is 16.7. The number of aliphatic hydroxyl groups excluding tert-OH is 1. The maximum absolute atomic E-state index is 12.8. The molecule has 0 bridgehead atoms. The van der Waals surface area contributed by atoms with Crippen LogP contribution in [0.2, 0.25) is 0 Å². The molecule has 1 amide bonds. The lowest BCUT2D eigenvalue weighted by molar-refractivity contribution is -0.162. The van der Waals surface area contributed by atoms with Gasteiger partial charge in [0.15, 0.2) is 0 Å². The van der Waals surface area contributed by atoms with E-state index in [1.165, 1.54) is 0 Å². The highest BCUT2D eigenvalue weighted by Gasteiger charge is 2.52. The number of carbonyl (C=O) groups is 1. The standard InChI is InChI=1S/C18H24N2O3/c1-12-5-6-14(13(2)11-12)15-16(21)18(19(3)17(15)22)7-9-20(23-4)10-8-18/h5-6,11,21H,7-10H2,1-4H3. The van der Waals surface area contributed by atoms with Crippen molar-refractivity contribution in [2.24, 2.45) is 0 Å². The zero-order chi connectivity index (χ0) is 16.8. The molecule has 1 spiro atoms. The number of aryl methyl sites for hydroxylation is 2. The molecule has 0 saturated carbocycles. The minimum atomic E-state index is -0.598. The largest absolute Gasteiger partial charge is 0.509 e. The second-order valence-electron chi connectivity index (χ2n) is 6.55. The fourth-order valence-electron chi connectivity index (χ4n) is 3.80. The van der Waals surface area contributed by atoms with E-state index in [0.717, 1.165) is 16.7 Å². The molecule has 1 fully saturated rings. The van der Waals surface area contributed by atoms with Gasteiger partial charge < -0.3 is 14.8 Å². The first kappa shape index (κ1) is 16.0. The van der Waals surface area contributed by atoms with Crippen LogP contribution < -0.4 is 0 Å². The first-order chi connectivity index (χ1) is 10.9. The van der Waals surface area contributed by atoms with Crippen molar-refractivity contribution < 1.29 is 14.7 Å². The molecule has 1 saturated heterocycles. The monoisotopic (exact) mass is 316 g/mol. The number of aliphatic hydroxyl groups is 1. The van der Waals surface area contributed by atoms with E-state index in [9.17, 15) is 9.90 Å². The number of hydrogen-bond acceptors (Lipinski definition) is 4. The summed E-state index contributed by atoms with van der Waals surface area (Å²) in [4.78, 5) is 19.8. The molecule has 1 N–H and O–H groups in total. The van der Waals surface area contributed by atoms with Crippen molar-refractivity contribution in [2.75, 3.05) is 27.2 Å². The zero-order valence-corrected chi connectivity index (χ0v) is 14.2. The van der Waals surface area contributed by atoms with Gasteiger partial charge in [0, 0.05) is 20.1 Å². The third-order valence-electron chi connectivity index (χ3n) is 5.30. The van der Waals surface area contributed by atoms with Crippen molar-refractivity contribution in [3.8, 4) is 0 Å². The number of benzene rings is 1. The Balaban J connectivity index is 2.04. The van der Waals surface area contributed by atoms with Crippen LogP contribution in [-0.4, -0.2) is 53.8 Å². The summed E-state index contributed by atoms with van der Waals surface area (Å²) in [5.41, 5.74) is 2.85. The second kappa shape index (κ2) is 5.65. The molecule has 124 valence electrons. The Morgan fingerprint density at radius 2 is 1.87 bits per heavy atom. The van der Waals surface area contributed by atoms with Crippen molar-refractivity contribution >= 4 is 11.5 Å². The summed E-state index contributed by atoms with van der Waals surface area (Å²) in [6.07, 6.45) is 1.34. The third-order valence-corrected chi connectivity index (χ3v) is 5.30. The number of hydroxylamine groups is 2. The Labute approximate surface area is 137 Å². The van der Waals surface area contributed by atoms with Gasteiger partial charge in [0.05, 0.1) is 12.7 Å². The smallest absolute Gasteiger partial charge is 0.258 e.